The van der Waals surface area contributed by atoms with Crippen molar-refractivity contribution >= 4 is 44.4 Å². The van der Waals surface area contributed by atoms with E-state index in [-0.39, 0.29) is 9.94 Å². The average molecular weight is 328 g/mol. The summed E-state index contributed by atoms with van der Waals surface area (Å²) in [5.74, 6) is -0.408. The SMILES string of the molecule is COc1c(Br)cc(F)c(B(O)O)c1Br. The molecule has 2 N–H and O–H groups in total. The lowest BCUT2D eigenvalue weighted by atomic mass is 9.80. The van der Waals surface area contributed by atoms with E-state index in [2.05, 4.69) is 31.9 Å². The van der Waals surface area contributed by atoms with E-state index in [0.717, 1.165) is 6.07 Å². The number of hydrogen-bond acceptors (Lipinski definition) is 3. The van der Waals surface area contributed by atoms with Crippen LogP contribution >= 0.6 is 31.9 Å². The second kappa shape index (κ2) is 4.61. The Balaban J connectivity index is 3.44. The Morgan fingerprint density at radius 2 is 2.00 bits per heavy atom. The van der Waals surface area contributed by atoms with Gasteiger partial charge in [0.2, 0.25) is 0 Å². The highest BCUT2D eigenvalue weighted by molar-refractivity contribution is 9.11. The lowest BCUT2D eigenvalue weighted by Crippen LogP contribution is -2.34. The minimum absolute atomic E-state index is 0.182. The van der Waals surface area contributed by atoms with Crippen LogP contribution in [-0.2, 0) is 0 Å². The first-order valence-electron chi connectivity index (χ1n) is 3.56. The predicted molar refractivity (Wildman–Crippen MR) is 58.2 cm³/mol. The maximum Gasteiger partial charge on any atom is 0.492 e. The molecule has 0 atom stereocenters. The first-order valence-corrected chi connectivity index (χ1v) is 5.15. The van der Waals surface area contributed by atoms with Gasteiger partial charge >= 0.3 is 7.12 Å². The van der Waals surface area contributed by atoms with Crippen molar-refractivity contribution in [3.05, 3.63) is 20.8 Å². The number of methoxy groups -OCH3 is 1. The van der Waals surface area contributed by atoms with Gasteiger partial charge in [0.05, 0.1) is 16.1 Å². The summed E-state index contributed by atoms with van der Waals surface area (Å²) in [6.45, 7) is 0. The van der Waals surface area contributed by atoms with E-state index in [9.17, 15) is 4.39 Å². The number of benzene rings is 1. The second-order valence-electron chi connectivity index (χ2n) is 2.47. The minimum atomic E-state index is -1.88. The molecule has 0 aliphatic rings. The third kappa shape index (κ3) is 2.11. The molecule has 76 valence electrons. The summed E-state index contributed by atoms with van der Waals surface area (Å²) < 4.78 is 18.8. The molecule has 3 nitrogen and oxygen atoms in total. The quantitative estimate of drug-likeness (QED) is 0.798. The topological polar surface area (TPSA) is 49.7 Å². The van der Waals surface area contributed by atoms with Gasteiger partial charge in [0.1, 0.15) is 11.6 Å². The molecule has 0 spiro atoms. The normalized spacial score (nSPS) is 10.1. The largest absolute Gasteiger partial charge is 0.494 e. The van der Waals surface area contributed by atoms with Gasteiger partial charge in [-0.05, 0) is 37.9 Å². The number of halogens is 3. The molecule has 14 heavy (non-hydrogen) atoms. The molecule has 1 aromatic rings. The zero-order chi connectivity index (χ0) is 10.9. The molecule has 0 saturated carbocycles. The molecule has 0 radical (unpaired) electrons. The van der Waals surface area contributed by atoms with Gasteiger partial charge in [-0.1, -0.05) is 0 Å². The summed E-state index contributed by atoms with van der Waals surface area (Å²) in [5, 5.41) is 17.8. The Bertz CT molecular complexity index is 359. The molecule has 7 heteroatoms. The Hall–Kier alpha value is -0.105. The highest BCUT2D eigenvalue weighted by Crippen LogP contribution is 2.32. The van der Waals surface area contributed by atoms with Crippen molar-refractivity contribution in [2.75, 3.05) is 7.11 Å². The minimum Gasteiger partial charge on any atom is -0.494 e. The molecule has 0 bridgehead atoms. The van der Waals surface area contributed by atoms with Gasteiger partial charge in [-0.15, -0.1) is 0 Å². The molecule has 1 rings (SSSR count). The van der Waals surface area contributed by atoms with Crippen LogP contribution in [0.1, 0.15) is 0 Å². The highest BCUT2D eigenvalue weighted by Gasteiger charge is 2.24. The maximum atomic E-state index is 13.2. The molecule has 0 aliphatic heterocycles. The van der Waals surface area contributed by atoms with E-state index >= 15 is 0 Å². The fourth-order valence-electron chi connectivity index (χ4n) is 1.01. The van der Waals surface area contributed by atoms with Gasteiger partial charge in [-0.3, -0.25) is 0 Å². The summed E-state index contributed by atoms with van der Waals surface area (Å²) in [6.07, 6.45) is 0. The Morgan fingerprint density at radius 1 is 1.43 bits per heavy atom. The van der Waals surface area contributed by atoms with Crippen LogP contribution in [0, 0.1) is 5.82 Å². The molecule has 0 aliphatic carbocycles. The number of rotatable bonds is 2. The van der Waals surface area contributed by atoms with Gasteiger partial charge < -0.3 is 14.8 Å². The summed E-state index contributed by atoms with van der Waals surface area (Å²) in [4.78, 5) is 0. The fourth-order valence-corrected chi connectivity index (χ4v) is 2.61. The average Bonchev–Trinajstić information content (AvgIpc) is 2.02. The van der Waals surface area contributed by atoms with Crippen molar-refractivity contribution in [3.8, 4) is 5.75 Å². The van der Waals surface area contributed by atoms with Crippen LogP contribution in [0.25, 0.3) is 0 Å². The van der Waals surface area contributed by atoms with Gasteiger partial charge in [0, 0.05) is 5.46 Å². The van der Waals surface area contributed by atoms with E-state index in [1.807, 2.05) is 0 Å². The first-order chi connectivity index (χ1) is 6.49. The summed E-state index contributed by atoms with van der Waals surface area (Å²) in [7, 11) is -0.484. The van der Waals surface area contributed by atoms with E-state index in [1.165, 1.54) is 7.11 Å². The second-order valence-corrected chi connectivity index (χ2v) is 4.12. The zero-order valence-corrected chi connectivity index (χ0v) is 10.3. The smallest absolute Gasteiger partial charge is 0.492 e. The summed E-state index contributed by atoms with van der Waals surface area (Å²) >= 11 is 6.11. The molecule has 0 fully saturated rings. The summed E-state index contributed by atoms with van der Waals surface area (Å²) in [6, 6.07) is 1.11. The van der Waals surface area contributed by atoms with Crippen LogP contribution in [-0.4, -0.2) is 24.3 Å². The Kier molecular flexibility index (Phi) is 3.94. The molecular weight excluding hydrogens is 322 g/mol. The van der Waals surface area contributed by atoms with Crippen LogP contribution in [0.4, 0.5) is 4.39 Å². The van der Waals surface area contributed by atoms with Crippen molar-refractivity contribution < 1.29 is 19.2 Å². The lowest BCUT2D eigenvalue weighted by Gasteiger charge is -2.11. The molecule has 0 aromatic heterocycles. The van der Waals surface area contributed by atoms with E-state index in [4.69, 9.17) is 14.8 Å². The molecule has 0 unspecified atom stereocenters. The van der Waals surface area contributed by atoms with Gasteiger partial charge in [-0.2, -0.15) is 0 Å². The van der Waals surface area contributed by atoms with Crippen LogP contribution in [0.2, 0.25) is 0 Å². The standard InChI is InChI=1S/C7H6BBr2FO3/c1-14-7-3(9)2-4(11)5(6(7)10)8(12)13/h2,12-13H,1H3. The van der Waals surface area contributed by atoms with E-state index in [1.54, 1.807) is 0 Å². The van der Waals surface area contributed by atoms with E-state index in [0.29, 0.717) is 10.2 Å². The third-order valence-corrected chi connectivity index (χ3v) is 3.00. The van der Waals surface area contributed by atoms with Crippen molar-refractivity contribution in [1.29, 1.82) is 0 Å². The maximum absolute atomic E-state index is 13.2. The molecular formula is C7H6BBr2FO3. The van der Waals surface area contributed by atoms with Crippen LogP contribution in [0.5, 0.6) is 5.75 Å². The molecule has 0 saturated heterocycles. The van der Waals surface area contributed by atoms with Gasteiger partial charge in [-0.25, -0.2) is 4.39 Å². The number of hydrogen-bond donors (Lipinski definition) is 2. The monoisotopic (exact) mass is 326 g/mol. The Labute approximate surface area is 97.3 Å². The first kappa shape index (κ1) is 12.0. The van der Waals surface area contributed by atoms with Crippen molar-refractivity contribution in [2.45, 2.75) is 0 Å². The zero-order valence-electron chi connectivity index (χ0n) is 7.09. The van der Waals surface area contributed by atoms with E-state index < -0.39 is 12.9 Å². The predicted octanol–water partition coefficient (Wildman–Crippen LogP) is 1.04. The molecule has 0 heterocycles. The van der Waals surface area contributed by atoms with Crippen LogP contribution < -0.4 is 10.2 Å². The Morgan fingerprint density at radius 3 is 2.43 bits per heavy atom. The number of ether oxygens (including phenoxy) is 1. The molecule has 0 amide bonds. The van der Waals surface area contributed by atoms with Crippen molar-refractivity contribution in [2.24, 2.45) is 0 Å². The van der Waals surface area contributed by atoms with Crippen LogP contribution in [0.15, 0.2) is 15.0 Å². The highest BCUT2D eigenvalue weighted by atomic mass is 79.9. The summed E-state index contributed by atoms with van der Waals surface area (Å²) in [5.41, 5.74) is -0.245. The van der Waals surface area contributed by atoms with Gasteiger partial charge in [0.15, 0.2) is 0 Å². The third-order valence-electron chi connectivity index (χ3n) is 1.63. The van der Waals surface area contributed by atoms with Gasteiger partial charge in [0.25, 0.3) is 0 Å². The van der Waals surface area contributed by atoms with Crippen molar-refractivity contribution in [1.82, 2.24) is 0 Å². The molecule has 1 aromatic carbocycles. The lowest BCUT2D eigenvalue weighted by molar-refractivity contribution is 0.404. The van der Waals surface area contributed by atoms with Crippen LogP contribution in [0.3, 0.4) is 0 Å². The fraction of sp³-hybridized carbons (Fsp3) is 0.143. The van der Waals surface area contributed by atoms with Crippen molar-refractivity contribution in [3.63, 3.8) is 0 Å².